The fourth-order valence-corrected chi connectivity index (χ4v) is 3.52. The molecule has 0 spiro atoms. The van der Waals surface area contributed by atoms with Gasteiger partial charge in [0.2, 0.25) is 0 Å². The van der Waals surface area contributed by atoms with E-state index in [1.807, 2.05) is 13.1 Å². The van der Waals surface area contributed by atoms with E-state index < -0.39 is 0 Å². The third-order valence-electron chi connectivity index (χ3n) is 5.45. The number of benzene rings is 1. The van der Waals surface area contributed by atoms with Crippen molar-refractivity contribution in [2.75, 3.05) is 66.2 Å². The summed E-state index contributed by atoms with van der Waals surface area (Å²) < 4.78 is 25.1. The molecule has 1 unspecified atom stereocenters. The lowest BCUT2D eigenvalue weighted by atomic mass is 10.0. The highest BCUT2D eigenvalue weighted by Gasteiger charge is 2.23. The van der Waals surface area contributed by atoms with Crippen LogP contribution in [-0.4, -0.2) is 82.0 Å². The maximum Gasteiger partial charge on any atom is 0.193 e. The Labute approximate surface area is 174 Å². The smallest absolute Gasteiger partial charge is 0.193 e. The Hall–Kier alpha value is -1.70. The van der Waals surface area contributed by atoms with Gasteiger partial charge in [-0.05, 0) is 43.4 Å². The van der Waals surface area contributed by atoms with Crippen LogP contribution in [0.2, 0.25) is 0 Å². The van der Waals surface area contributed by atoms with Crippen LogP contribution in [0.4, 0.5) is 4.39 Å². The number of halogens is 1. The Bertz CT molecular complexity index is 647. The van der Waals surface area contributed by atoms with Gasteiger partial charge >= 0.3 is 0 Å². The van der Waals surface area contributed by atoms with Crippen LogP contribution in [-0.2, 0) is 9.47 Å². The van der Waals surface area contributed by atoms with Gasteiger partial charge in [-0.3, -0.25) is 9.89 Å². The van der Waals surface area contributed by atoms with Gasteiger partial charge in [-0.15, -0.1) is 0 Å². The minimum atomic E-state index is -0.207. The SMILES string of the molecule is CCNC(=NCC(c1cccc(F)c1)N1CCOCC1)N(C)CCOCC1CC1. The van der Waals surface area contributed by atoms with E-state index in [0.29, 0.717) is 26.4 Å². The van der Waals surface area contributed by atoms with Crippen molar-refractivity contribution in [1.82, 2.24) is 15.1 Å². The molecule has 29 heavy (non-hydrogen) atoms. The summed E-state index contributed by atoms with van der Waals surface area (Å²) in [5.74, 6) is 1.43. The van der Waals surface area contributed by atoms with Crippen LogP contribution in [0, 0.1) is 11.7 Å². The van der Waals surface area contributed by atoms with Crippen LogP contribution < -0.4 is 5.32 Å². The van der Waals surface area contributed by atoms with Crippen molar-refractivity contribution in [2.24, 2.45) is 10.9 Å². The molecule has 1 aromatic carbocycles. The zero-order valence-electron chi connectivity index (χ0n) is 17.8. The summed E-state index contributed by atoms with van der Waals surface area (Å²) >= 11 is 0. The quantitative estimate of drug-likeness (QED) is 0.368. The molecule has 0 radical (unpaired) electrons. The van der Waals surface area contributed by atoms with Crippen molar-refractivity contribution >= 4 is 5.96 Å². The van der Waals surface area contributed by atoms with Gasteiger partial charge in [0.05, 0.1) is 32.4 Å². The molecule has 1 heterocycles. The molecular weight excluding hydrogens is 371 g/mol. The van der Waals surface area contributed by atoms with Crippen LogP contribution in [0.1, 0.15) is 31.4 Å². The van der Waals surface area contributed by atoms with Crippen molar-refractivity contribution in [3.05, 3.63) is 35.6 Å². The Kier molecular flexibility index (Phi) is 8.70. The van der Waals surface area contributed by atoms with Crippen molar-refractivity contribution in [1.29, 1.82) is 0 Å². The lowest BCUT2D eigenvalue weighted by Gasteiger charge is -2.34. The monoisotopic (exact) mass is 406 g/mol. The van der Waals surface area contributed by atoms with E-state index in [-0.39, 0.29) is 11.9 Å². The molecule has 1 aliphatic heterocycles. The van der Waals surface area contributed by atoms with Gasteiger partial charge in [0.15, 0.2) is 5.96 Å². The number of hydrogen-bond donors (Lipinski definition) is 1. The molecular formula is C22H35FN4O2. The molecule has 0 aromatic heterocycles. The standard InChI is InChI=1S/C22H35FN4O2/c1-3-24-22(26(2)9-12-29-17-18-7-8-18)25-16-21(27-10-13-28-14-11-27)19-5-4-6-20(23)15-19/h4-6,15,18,21H,3,7-14,16-17H2,1-2H3,(H,24,25). The lowest BCUT2D eigenvalue weighted by molar-refractivity contribution is 0.0179. The van der Waals surface area contributed by atoms with E-state index in [0.717, 1.165) is 50.2 Å². The first-order chi connectivity index (χ1) is 14.2. The zero-order chi connectivity index (χ0) is 20.5. The van der Waals surface area contributed by atoms with Crippen molar-refractivity contribution in [2.45, 2.75) is 25.8 Å². The van der Waals surface area contributed by atoms with Gasteiger partial charge in [0.25, 0.3) is 0 Å². The molecule has 2 aliphatic rings. The molecule has 6 nitrogen and oxygen atoms in total. The summed E-state index contributed by atoms with van der Waals surface area (Å²) in [6, 6.07) is 6.90. The van der Waals surface area contributed by atoms with Crippen LogP contribution >= 0.6 is 0 Å². The van der Waals surface area contributed by atoms with Gasteiger partial charge < -0.3 is 19.7 Å². The maximum atomic E-state index is 13.9. The fourth-order valence-electron chi connectivity index (χ4n) is 3.52. The molecule has 1 N–H and O–H groups in total. The third kappa shape index (κ3) is 7.24. The first kappa shape index (κ1) is 22.0. The topological polar surface area (TPSA) is 49.3 Å². The van der Waals surface area contributed by atoms with Gasteiger partial charge in [-0.2, -0.15) is 0 Å². The number of guanidine groups is 1. The van der Waals surface area contributed by atoms with Gasteiger partial charge in [-0.1, -0.05) is 12.1 Å². The first-order valence-electron chi connectivity index (χ1n) is 10.8. The summed E-state index contributed by atoms with van der Waals surface area (Å²) in [7, 11) is 2.04. The minimum absolute atomic E-state index is 0.0303. The van der Waals surface area contributed by atoms with Crippen LogP contribution in [0.5, 0.6) is 0 Å². The molecule has 0 bridgehead atoms. The molecule has 1 saturated heterocycles. The highest BCUT2D eigenvalue weighted by molar-refractivity contribution is 5.79. The highest BCUT2D eigenvalue weighted by atomic mass is 19.1. The number of rotatable bonds is 10. The number of nitrogens with zero attached hydrogens (tertiary/aromatic N) is 3. The van der Waals surface area contributed by atoms with E-state index in [1.165, 1.54) is 18.9 Å². The van der Waals surface area contributed by atoms with Gasteiger partial charge in [0.1, 0.15) is 5.82 Å². The molecule has 0 amide bonds. The van der Waals surface area contributed by atoms with Crippen molar-refractivity contribution < 1.29 is 13.9 Å². The van der Waals surface area contributed by atoms with Crippen LogP contribution in [0.15, 0.2) is 29.3 Å². The summed E-state index contributed by atoms with van der Waals surface area (Å²) in [5, 5.41) is 3.37. The highest BCUT2D eigenvalue weighted by Crippen LogP contribution is 2.28. The van der Waals surface area contributed by atoms with E-state index in [4.69, 9.17) is 14.5 Å². The number of likely N-dealkylation sites (N-methyl/N-ethyl adjacent to an activating group) is 1. The number of morpholine rings is 1. The summed E-state index contributed by atoms with van der Waals surface area (Å²) in [6.07, 6.45) is 2.62. The second kappa shape index (κ2) is 11.5. The van der Waals surface area contributed by atoms with Crippen molar-refractivity contribution in [3.8, 4) is 0 Å². The molecule has 7 heteroatoms. The molecule has 1 aromatic rings. The summed E-state index contributed by atoms with van der Waals surface area (Å²) in [5.41, 5.74) is 0.960. The van der Waals surface area contributed by atoms with E-state index >= 15 is 0 Å². The predicted molar refractivity (Wildman–Crippen MR) is 114 cm³/mol. The maximum absolute atomic E-state index is 13.9. The summed E-state index contributed by atoms with van der Waals surface area (Å²) in [4.78, 5) is 9.34. The number of ether oxygens (including phenoxy) is 2. The molecule has 162 valence electrons. The molecule has 1 atom stereocenters. The Balaban J connectivity index is 1.64. The third-order valence-corrected chi connectivity index (χ3v) is 5.45. The van der Waals surface area contributed by atoms with Crippen molar-refractivity contribution in [3.63, 3.8) is 0 Å². The lowest BCUT2D eigenvalue weighted by Crippen LogP contribution is -2.43. The number of nitrogens with one attached hydrogen (secondary N) is 1. The summed E-state index contributed by atoms with van der Waals surface area (Å²) in [6.45, 7) is 8.87. The Morgan fingerprint density at radius 3 is 2.86 bits per heavy atom. The average molecular weight is 407 g/mol. The molecule has 1 aliphatic carbocycles. The Morgan fingerprint density at radius 2 is 2.17 bits per heavy atom. The largest absolute Gasteiger partial charge is 0.379 e. The predicted octanol–water partition coefficient (Wildman–Crippen LogP) is 2.52. The average Bonchev–Trinajstić information content (AvgIpc) is 3.56. The zero-order valence-corrected chi connectivity index (χ0v) is 17.8. The molecule has 1 saturated carbocycles. The molecule has 3 rings (SSSR count). The van der Waals surface area contributed by atoms with Gasteiger partial charge in [-0.25, -0.2) is 4.39 Å². The van der Waals surface area contributed by atoms with E-state index in [1.54, 1.807) is 12.1 Å². The minimum Gasteiger partial charge on any atom is -0.379 e. The fraction of sp³-hybridized carbons (Fsp3) is 0.682. The Morgan fingerprint density at radius 1 is 1.38 bits per heavy atom. The van der Waals surface area contributed by atoms with Crippen LogP contribution in [0.25, 0.3) is 0 Å². The normalized spacial score (nSPS) is 19.2. The first-order valence-corrected chi connectivity index (χ1v) is 10.8. The van der Waals surface area contributed by atoms with Crippen LogP contribution in [0.3, 0.4) is 0 Å². The second-order valence-electron chi connectivity index (χ2n) is 7.85. The van der Waals surface area contributed by atoms with Gasteiger partial charge in [0, 0.05) is 39.8 Å². The van der Waals surface area contributed by atoms with E-state index in [2.05, 4.69) is 22.0 Å². The van der Waals surface area contributed by atoms with E-state index in [9.17, 15) is 4.39 Å². The number of aliphatic imine (C=N–C) groups is 1. The molecule has 2 fully saturated rings. The second-order valence-corrected chi connectivity index (χ2v) is 7.85. The number of hydrogen-bond acceptors (Lipinski definition) is 4.